The first-order valence-corrected chi connectivity index (χ1v) is 40.0. The van der Waals surface area contributed by atoms with Crippen molar-refractivity contribution in [2.24, 2.45) is 47.3 Å². The second-order valence-corrected chi connectivity index (χ2v) is 33.2. The van der Waals surface area contributed by atoms with Crippen molar-refractivity contribution in [3.8, 4) is 0 Å². The Morgan fingerprint density at radius 2 is 0.295 bits per heavy atom. The van der Waals surface area contributed by atoms with Crippen molar-refractivity contribution in [2.75, 3.05) is 42.5 Å². The van der Waals surface area contributed by atoms with Crippen LogP contribution in [0, 0.1) is 103 Å². The van der Waals surface area contributed by atoms with E-state index in [4.69, 9.17) is 0 Å². The van der Waals surface area contributed by atoms with Gasteiger partial charge in [0.25, 0.3) is 0 Å². The fraction of sp³-hybridized carbons (Fsp3) is 0.455. The summed E-state index contributed by atoms with van der Waals surface area (Å²) in [6.07, 6.45) is -31.3. The fourth-order valence-electron chi connectivity index (χ4n) is 21.0. The standard InChI is InChI=1S/C88H104F8N16/c1-41-25-9-17-33-49(41)97-73-61-63(75(99-51-35-19-11-27-43(51)3)79(103-55-39-23-15-31-47(55)7)77(73)101-53-37-21-13-29-45(53)5)87-110-85(61)108-83-59-57(65(89)69(93)71(95)67(59)91)81(106-83)105-82-58-60(68(92)72(96)70(94)66(58)90)84(107-82)109-86-62-64(88(111-86)112-87)76(100-52-36-20-12-28-44(52)4)80(104-56-40-24-16-32-48(56)8)78(102-54-38-22-14-30-46(54)6)74(62)98-50-34-18-10-26-42(50)2/h9-40,57-88,97-112H,1-8H3. The van der Waals surface area contributed by atoms with Gasteiger partial charge in [-0.1, -0.05) is 146 Å². The highest BCUT2D eigenvalue weighted by atomic mass is 19.2. The molecule has 4 aliphatic carbocycles. The summed E-state index contributed by atoms with van der Waals surface area (Å²) < 4.78 is 138. The predicted octanol–water partition coefficient (Wildman–Crippen LogP) is 13.4. The predicted molar refractivity (Wildman–Crippen MR) is 431 cm³/mol. The van der Waals surface area contributed by atoms with Crippen LogP contribution in [0.1, 0.15) is 44.5 Å². The number of halogens is 8. The molecule has 0 spiro atoms. The van der Waals surface area contributed by atoms with Crippen LogP contribution in [0.3, 0.4) is 0 Å². The number of aryl methyl sites for hydroxylation is 8. The lowest BCUT2D eigenvalue weighted by Crippen LogP contribution is -2.72. The van der Waals surface area contributed by atoms with Gasteiger partial charge in [-0.15, -0.1) is 0 Å². The molecule has 0 aromatic heterocycles. The topological polar surface area (TPSA) is 192 Å². The SMILES string of the molecule is Cc1ccccc1NC1C(Nc2ccccc2C)C(Nc2ccccc2C)C2C3NC(NC4NC(NC5NC(NC6NC(N3)C3C(Nc7ccccc7C)C(Nc7ccccc7C)C(Nc7ccccc7C)C(Nc7ccccc7C)C63)C3C(F)C(F)C(F)C(F)C53)C3C(F)C(F)C(F)C(F)C43)C2C1Nc1ccccc1C. The van der Waals surface area contributed by atoms with Gasteiger partial charge in [0.2, 0.25) is 0 Å². The molecule has 112 heavy (non-hydrogen) atoms. The quantitative estimate of drug-likeness (QED) is 0.0408. The van der Waals surface area contributed by atoms with Gasteiger partial charge in [0.1, 0.15) is 24.7 Å². The van der Waals surface area contributed by atoms with Crippen molar-refractivity contribution in [1.82, 2.24) is 42.5 Å². The lowest BCUT2D eigenvalue weighted by atomic mass is 9.65. The normalized spacial score (nSPS) is 38.4. The van der Waals surface area contributed by atoms with Crippen LogP contribution in [0.25, 0.3) is 0 Å². The van der Waals surface area contributed by atoms with Crippen molar-refractivity contribution in [1.29, 1.82) is 0 Å². The molecule has 16 nitrogen and oxygen atoms in total. The third-order valence-corrected chi connectivity index (χ3v) is 26.7. The summed E-state index contributed by atoms with van der Waals surface area (Å²) in [4.78, 5) is 0. The number of anilines is 8. The molecule has 32 unspecified atom stereocenters. The first-order chi connectivity index (χ1) is 54.2. The van der Waals surface area contributed by atoms with Gasteiger partial charge in [0, 0.05) is 92.8 Å². The van der Waals surface area contributed by atoms with E-state index < -0.39 is 194 Å². The van der Waals surface area contributed by atoms with Crippen LogP contribution in [0.2, 0.25) is 0 Å². The van der Waals surface area contributed by atoms with Crippen LogP contribution in [0.5, 0.6) is 0 Å². The van der Waals surface area contributed by atoms with E-state index in [2.05, 4.69) is 238 Å². The van der Waals surface area contributed by atoms with Gasteiger partial charge in [-0.2, -0.15) is 0 Å². The molecule has 8 bridgehead atoms. The molecule has 9 fully saturated rings. The number of hydrogen-bond donors (Lipinski definition) is 16. The summed E-state index contributed by atoms with van der Waals surface area (Å²) in [7, 11) is 0. The minimum absolute atomic E-state index is 0.553. The van der Waals surface area contributed by atoms with Gasteiger partial charge in [-0.05, 0) is 148 Å². The summed E-state index contributed by atoms with van der Waals surface area (Å²) >= 11 is 0. The van der Waals surface area contributed by atoms with Gasteiger partial charge in [0.05, 0.1) is 97.7 Å². The average Bonchev–Trinajstić information content (AvgIpc) is 1.53. The van der Waals surface area contributed by atoms with E-state index in [1.807, 2.05) is 97.1 Å². The van der Waals surface area contributed by atoms with E-state index >= 15 is 35.1 Å². The van der Waals surface area contributed by atoms with Crippen LogP contribution in [-0.4, -0.2) is 147 Å². The van der Waals surface area contributed by atoms with E-state index in [1.165, 1.54) is 0 Å². The monoisotopic (exact) mass is 1540 g/mol. The number of alkyl halides is 8. The smallest absolute Gasteiger partial charge is 0.165 e. The summed E-state index contributed by atoms with van der Waals surface area (Å²) in [5, 5.41) is 64.1. The van der Waals surface area contributed by atoms with Crippen molar-refractivity contribution in [3.63, 3.8) is 0 Å². The molecule has 32 atom stereocenters. The molecule has 8 aromatic carbocycles. The highest BCUT2D eigenvalue weighted by molar-refractivity contribution is 5.64. The van der Waals surface area contributed by atoms with E-state index in [9.17, 15) is 0 Å². The number of benzene rings is 8. The highest BCUT2D eigenvalue weighted by Crippen LogP contribution is 2.53. The number of para-hydroxylation sites is 8. The largest absolute Gasteiger partial charge is 0.380 e. The van der Waals surface area contributed by atoms with Gasteiger partial charge >= 0.3 is 0 Å². The lowest BCUT2D eigenvalue weighted by Gasteiger charge is -2.54. The van der Waals surface area contributed by atoms with Gasteiger partial charge in [-0.3, -0.25) is 42.5 Å². The van der Waals surface area contributed by atoms with Crippen molar-refractivity contribution in [2.45, 2.75) is 202 Å². The van der Waals surface area contributed by atoms with Crippen LogP contribution in [0.15, 0.2) is 194 Å². The first kappa shape index (κ1) is 75.9. The maximum absolute atomic E-state index is 17.9. The Balaban J connectivity index is 0.925. The minimum Gasteiger partial charge on any atom is -0.380 e. The van der Waals surface area contributed by atoms with E-state index in [0.717, 1.165) is 90.0 Å². The zero-order valence-corrected chi connectivity index (χ0v) is 64.0. The van der Waals surface area contributed by atoms with E-state index in [0.29, 0.717) is 0 Å². The summed E-state index contributed by atoms with van der Waals surface area (Å²) in [5.41, 5.74) is 14.7. The minimum atomic E-state index is -2.91. The molecule has 16 N–H and O–H groups in total. The molecular weight excluding hydrogens is 1430 g/mol. The molecule has 17 rings (SSSR count). The maximum atomic E-state index is 17.9. The number of hydrogen-bond acceptors (Lipinski definition) is 16. The molecule has 5 heterocycles. The Morgan fingerprint density at radius 3 is 0.438 bits per heavy atom. The number of fused-ring (bicyclic) bond motifs is 20. The zero-order valence-electron chi connectivity index (χ0n) is 64.0. The van der Waals surface area contributed by atoms with Gasteiger partial charge < -0.3 is 42.5 Å². The van der Waals surface area contributed by atoms with E-state index in [1.54, 1.807) is 0 Å². The Kier molecular flexibility index (Phi) is 21.2. The van der Waals surface area contributed by atoms with Gasteiger partial charge in [-0.25, -0.2) is 35.1 Å². The molecule has 4 saturated carbocycles. The van der Waals surface area contributed by atoms with Crippen molar-refractivity contribution >= 4 is 45.5 Å². The molecule has 24 heteroatoms. The molecule has 0 radical (unpaired) electrons. The van der Waals surface area contributed by atoms with Gasteiger partial charge in [0.15, 0.2) is 24.7 Å². The average molecular weight is 1540 g/mol. The van der Waals surface area contributed by atoms with Crippen molar-refractivity contribution in [3.05, 3.63) is 239 Å². The maximum Gasteiger partial charge on any atom is 0.165 e. The molecule has 9 aliphatic rings. The zero-order chi connectivity index (χ0) is 77.7. The second-order valence-electron chi connectivity index (χ2n) is 33.2. The van der Waals surface area contributed by atoms with Crippen LogP contribution < -0.4 is 85.1 Å². The lowest BCUT2D eigenvalue weighted by molar-refractivity contribution is -0.0871. The number of nitrogens with one attached hydrogen (secondary N) is 16. The Morgan fingerprint density at radius 1 is 0.170 bits per heavy atom. The second kappa shape index (κ2) is 31.2. The third-order valence-electron chi connectivity index (χ3n) is 26.7. The third kappa shape index (κ3) is 13.8. The summed E-state index contributed by atoms with van der Waals surface area (Å²) in [5.74, 6) is -9.07. The summed E-state index contributed by atoms with van der Waals surface area (Å²) in [6, 6.07) is 60.5. The molecule has 5 aliphatic heterocycles. The fourth-order valence-corrected chi connectivity index (χ4v) is 21.0. The summed E-state index contributed by atoms with van der Waals surface area (Å²) in [6.45, 7) is 16.6. The Labute approximate surface area is 650 Å². The van der Waals surface area contributed by atoms with Crippen LogP contribution in [0.4, 0.5) is 80.6 Å². The Hall–Kier alpha value is -8.72. The molecule has 8 aromatic rings. The number of rotatable bonds is 16. The van der Waals surface area contributed by atoms with Crippen LogP contribution in [-0.2, 0) is 0 Å². The van der Waals surface area contributed by atoms with Crippen molar-refractivity contribution < 1.29 is 35.1 Å². The molecule has 0 amide bonds. The first-order valence-electron chi connectivity index (χ1n) is 40.0. The highest BCUT2D eigenvalue weighted by Gasteiger charge is 2.69. The Bertz CT molecular complexity index is 4360. The van der Waals surface area contributed by atoms with E-state index in [-0.39, 0.29) is 0 Å². The molecule has 5 saturated heterocycles. The van der Waals surface area contributed by atoms with Crippen LogP contribution >= 0.6 is 0 Å². The molecule has 592 valence electrons. The molecular formula is C88H104F8N16.